The highest BCUT2D eigenvalue weighted by Gasteiger charge is 2.12. The molecule has 6 heteroatoms. The average Bonchev–Trinajstić information content (AvgIpc) is 2.10. The summed E-state index contributed by atoms with van der Waals surface area (Å²) in [6, 6.07) is 2.91. The largest absolute Gasteiger partial charge is 0.395 e. The van der Waals surface area contributed by atoms with Crippen LogP contribution in [0.1, 0.15) is 5.56 Å². The summed E-state index contributed by atoms with van der Waals surface area (Å²) in [7, 11) is -3.45. The fourth-order valence-corrected chi connectivity index (χ4v) is 2.20. The molecule has 1 aromatic rings. The molecule has 0 fully saturated rings. The summed E-state index contributed by atoms with van der Waals surface area (Å²) in [4.78, 5) is 0. The fraction of sp³-hybridized carbons (Fsp3) is 0.333. The highest BCUT2D eigenvalue weighted by Crippen LogP contribution is 2.11. The Bertz CT molecular complexity index is 443. The lowest BCUT2D eigenvalue weighted by atomic mass is 10.2. The summed E-state index contributed by atoms with van der Waals surface area (Å²) in [5.41, 5.74) is 0.169. The Balaban J connectivity index is 2.86. The summed E-state index contributed by atoms with van der Waals surface area (Å²) < 4.78 is 47.7. The Labute approximate surface area is 86.3 Å². The molecule has 0 aliphatic rings. The molecular weight excluding hydrogens is 226 g/mol. The normalized spacial score (nSPS) is 11.7. The van der Waals surface area contributed by atoms with Gasteiger partial charge in [-0.3, -0.25) is 0 Å². The maximum Gasteiger partial charge on any atom is 0.159 e. The third-order valence-corrected chi connectivity index (χ3v) is 3.35. The lowest BCUT2D eigenvalue weighted by Gasteiger charge is -2.03. The number of aliphatic hydroxyl groups is 1. The number of hydrogen-bond acceptors (Lipinski definition) is 3. The molecule has 0 heterocycles. The molecule has 0 amide bonds. The van der Waals surface area contributed by atoms with Gasteiger partial charge in [-0.2, -0.15) is 0 Å². The van der Waals surface area contributed by atoms with Crippen molar-refractivity contribution in [1.29, 1.82) is 0 Å². The first-order valence-electron chi connectivity index (χ1n) is 4.20. The average molecular weight is 236 g/mol. The van der Waals surface area contributed by atoms with Gasteiger partial charge in [0.15, 0.2) is 21.5 Å². The van der Waals surface area contributed by atoms with Crippen molar-refractivity contribution in [2.75, 3.05) is 12.4 Å². The molecule has 0 radical (unpaired) electrons. The van der Waals surface area contributed by atoms with Crippen molar-refractivity contribution in [3.05, 3.63) is 35.4 Å². The first kappa shape index (κ1) is 12.1. The minimum absolute atomic E-state index is 0.169. The molecule has 0 saturated heterocycles. The highest BCUT2D eigenvalue weighted by molar-refractivity contribution is 7.90. The third kappa shape index (κ3) is 3.56. The van der Waals surface area contributed by atoms with Gasteiger partial charge in [-0.25, -0.2) is 17.2 Å². The summed E-state index contributed by atoms with van der Waals surface area (Å²) in [6.07, 6.45) is 0. The monoisotopic (exact) mass is 236 g/mol. The Morgan fingerprint density at radius 3 is 2.40 bits per heavy atom. The van der Waals surface area contributed by atoms with Crippen LogP contribution < -0.4 is 0 Å². The summed E-state index contributed by atoms with van der Waals surface area (Å²) in [5, 5.41) is 8.47. The SMILES string of the molecule is O=S(=O)(CCO)Cc1ccc(F)c(F)c1. The molecule has 0 bridgehead atoms. The van der Waals surface area contributed by atoms with E-state index in [1.54, 1.807) is 0 Å². The fourth-order valence-electron chi connectivity index (χ4n) is 1.09. The van der Waals surface area contributed by atoms with Gasteiger partial charge in [-0.15, -0.1) is 0 Å². The predicted molar refractivity (Wildman–Crippen MR) is 50.9 cm³/mol. The zero-order valence-electron chi connectivity index (χ0n) is 7.78. The Morgan fingerprint density at radius 1 is 1.20 bits per heavy atom. The second kappa shape index (κ2) is 4.67. The Kier molecular flexibility index (Phi) is 3.76. The van der Waals surface area contributed by atoms with Gasteiger partial charge >= 0.3 is 0 Å². The third-order valence-electron chi connectivity index (χ3n) is 1.77. The molecule has 0 saturated carbocycles. The molecule has 0 aromatic heterocycles. The number of halogens is 2. The van der Waals surface area contributed by atoms with Crippen LogP contribution in [-0.4, -0.2) is 25.9 Å². The predicted octanol–water partition coefficient (Wildman–Crippen LogP) is 0.872. The van der Waals surface area contributed by atoms with Crippen LogP contribution >= 0.6 is 0 Å². The number of rotatable bonds is 4. The van der Waals surface area contributed by atoms with Crippen molar-refractivity contribution in [1.82, 2.24) is 0 Å². The van der Waals surface area contributed by atoms with E-state index in [9.17, 15) is 17.2 Å². The van der Waals surface area contributed by atoms with Crippen LogP contribution in [0.4, 0.5) is 8.78 Å². The van der Waals surface area contributed by atoms with Crippen molar-refractivity contribution in [3.63, 3.8) is 0 Å². The molecule has 0 aliphatic carbocycles. The van der Waals surface area contributed by atoms with Crippen molar-refractivity contribution in [3.8, 4) is 0 Å². The first-order valence-corrected chi connectivity index (χ1v) is 6.02. The molecule has 0 spiro atoms. The van der Waals surface area contributed by atoms with Gasteiger partial charge in [0, 0.05) is 0 Å². The van der Waals surface area contributed by atoms with Gasteiger partial charge in [-0.05, 0) is 17.7 Å². The molecule has 84 valence electrons. The van der Waals surface area contributed by atoms with Gasteiger partial charge in [0.25, 0.3) is 0 Å². The zero-order chi connectivity index (χ0) is 11.5. The molecule has 0 unspecified atom stereocenters. The second-order valence-electron chi connectivity index (χ2n) is 3.06. The van der Waals surface area contributed by atoms with Gasteiger partial charge in [0.2, 0.25) is 0 Å². The summed E-state index contributed by atoms with van der Waals surface area (Å²) in [5.74, 6) is -2.87. The van der Waals surface area contributed by atoms with Crippen LogP contribution in [0.25, 0.3) is 0 Å². The lowest BCUT2D eigenvalue weighted by Crippen LogP contribution is -2.12. The molecule has 15 heavy (non-hydrogen) atoms. The van der Waals surface area contributed by atoms with Gasteiger partial charge in [0.05, 0.1) is 18.1 Å². The molecule has 0 atom stereocenters. The van der Waals surface area contributed by atoms with Crippen LogP contribution in [0, 0.1) is 11.6 Å². The smallest absolute Gasteiger partial charge is 0.159 e. The first-order chi connectivity index (χ1) is 6.94. The lowest BCUT2D eigenvalue weighted by molar-refractivity contribution is 0.319. The van der Waals surface area contributed by atoms with E-state index in [4.69, 9.17) is 5.11 Å². The van der Waals surface area contributed by atoms with Crippen molar-refractivity contribution < 1.29 is 22.3 Å². The molecule has 0 aliphatic heterocycles. The maximum absolute atomic E-state index is 12.7. The number of hydrogen-bond donors (Lipinski definition) is 1. The van der Waals surface area contributed by atoms with Crippen LogP contribution in [0.15, 0.2) is 18.2 Å². The number of sulfone groups is 1. The van der Waals surface area contributed by atoms with Crippen LogP contribution in [0.3, 0.4) is 0 Å². The minimum atomic E-state index is -3.45. The van der Waals surface area contributed by atoms with E-state index in [0.717, 1.165) is 12.1 Å². The molecule has 1 rings (SSSR count). The van der Waals surface area contributed by atoms with E-state index in [-0.39, 0.29) is 11.3 Å². The minimum Gasteiger partial charge on any atom is -0.395 e. The molecule has 1 aromatic carbocycles. The van der Waals surface area contributed by atoms with E-state index in [0.29, 0.717) is 0 Å². The highest BCUT2D eigenvalue weighted by atomic mass is 32.2. The Morgan fingerprint density at radius 2 is 1.87 bits per heavy atom. The van der Waals surface area contributed by atoms with Crippen molar-refractivity contribution >= 4 is 9.84 Å². The van der Waals surface area contributed by atoms with E-state index in [1.807, 2.05) is 0 Å². The van der Waals surface area contributed by atoms with Crippen LogP contribution in [0.2, 0.25) is 0 Å². The van der Waals surface area contributed by atoms with Crippen molar-refractivity contribution in [2.24, 2.45) is 0 Å². The van der Waals surface area contributed by atoms with Gasteiger partial charge in [-0.1, -0.05) is 6.07 Å². The molecule has 1 N–H and O–H groups in total. The van der Waals surface area contributed by atoms with Crippen molar-refractivity contribution in [2.45, 2.75) is 5.75 Å². The quantitative estimate of drug-likeness (QED) is 0.844. The standard InChI is InChI=1S/C9H10F2O3S/c10-8-2-1-7(5-9(8)11)6-15(13,14)4-3-12/h1-2,5,12H,3-4,6H2. The molecule has 3 nitrogen and oxygen atoms in total. The van der Waals surface area contributed by atoms with Crippen LogP contribution in [0.5, 0.6) is 0 Å². The van der Waals surface area contributed by atoms with Gasteiger partial charge in [0.1, 0.15) is 0 Å². The number of aliphatic hydroxyl groups excluding tert-OH is 1. The van der Waals surface area contributed by atoms with E-state index in [1.165, 1.54) is 6.07 Å². The maximum atomic E-state index is 12.7. The van der Waals surface area contributed by atoms with E-state index in [2.05, 4.69) is 0 Å². The topological polar surface area (TPSA) is 54.4 Å². The zero-order valence-corrected chi connectivity index (χ0v) is 8.60. The summed E-state index contributed by atoms with van der Waals surface area (Å²) >= 11 is 0. The summed E-state index contributed by atoms with van der Waals surface area (Å²) in [6.45, 7) is -0.480. The Hall–Kier alpha value is -1.01. The second-order valence-corrected chi connectivity index (χ2v) is 5.25. The van der Waals surface area contributed by atoms with E-state index >= 15 is 0 Å². The van der Waals surface area contributed by atoms with Gasteiger partial charge < -0.3 is 5.11 Å². The number of benzene rings is 1. The van der Waals surface area contributed by atoms with E-state index < -0.39 is 33.8 Å². The molecular formula is C9H10F2O3S. The van der Waals surface area contributed by atoms with Crippen LogP contribution in [-0.2, 0) is 15.6 Å².